The van der Waals surface area contributed by atoms with E-state index in [-0.39, 0.29) is 0 Å². The van der Waals surface area contributed by atoms with Crippen LogP contribution in [0.15, 0.2) is 54.6 Å². The molecule has 0 amide bonds. The number of para-hydroxylation sites is 2. The van der Waals surface area contributed by atoms with Crippen LogP contribution >= 0.6 is 0 Å². The van der Waals surface area contributed by atoms with Crippen LogP contribution in [0.4, 0.5) is 0 Å². The van der Waals surface area contributed by atoms with Crippen LogP contribution < -0.4 is 9.47 Å². The molecule has 26 heavy (non-hydrogen) atoms. The Morgan fingerprint density at radius 3 is 2.54 bits per heavy atom. The first-order chi connectivity index (χ1) is 12.7. The summed E-state index contributed by atoms with van der Waals surface area (Å²) in [5.41, 5.74) is 1.02. The van der Waals surface area contributed by atoms with Crippen molar-refractivity contribution in [3.63, 3.8) is 0 Å². The predicted octanol–water partition coefficient (Wildman–Crippen LogP) is 4.06. The zero-order valence-electron chi connectivity index (χ0n) is 14.7. The molecular weight excluding hydrogens is 332 g/mol. The molecule has 1 atom stereocenters. The Kier molecular flexibility index (Phi) is 6.12. The molecule has 0 spiro atoms. The molecule has 2 aromatic rings. The number of ether oxygens (including phenoxy) is 3. The number of carbonyl (C=O) groups is 1. The molecule has 1 heterocycles. The lowest BCUT2D eigenvalue weighted by Gasteiger charge is -2.34. The van der Waals surface area contributed by atoms with Crippen LogP contribution in [0, 0.1) is 0 Å². The minimum Gasteiger partial charge on any atom is -0.494 e. The van der Waals surface area contributed by atoms with Gasteiger partial charge in [-0.3, -0.25) is 0 Å². The summed E-state index contributed by atoms with van der Waals surface area (Å²) >= 11 is 0. The number of carboxylic acids is 1. The fraction of sp³-hybridized carbons (Fsp3) is 0.381. The average Bonchev–Trinajstić information content (AvgIpc) is 2.68. The molecule has 0 aliphatic carbocycles. The fourth-order valence-corrected chi connectivity index (χ4v) is 2.98. The highest BCUT2D eigenvalue weighted by Gasteiger charge is 2.45. The van der Waals surface area contributed by atoms with E-state index in [1.807, 2.05) is 48.5 Å². The van der Waals surface area contributed by atoms with E-state index in [0.29, 0.717) is 31.8 Å². The Hall–Kier alpha value is -2.53. The lowest BCUT2D eigenvalue weighted by atomic mass is 9.99. The van der Waals surface area contributed by atoms with Gasteiger partial charge in [-0.2, -0.15) is 0 Å². The Balaban J connectivity index is 1.40. The molecule has 0 fully saturated rings. The molecule has 3 rings (SSSR count). The zero-order valence-corrected chi connectivity index (χ0v) is 14.7. The van der Waals surface area contributed by atoms with E-state index in [1.54, 1.807) is 6.07 Å². The van der Waals surface area contributed by atoms with Gasteiger partial charge in [-0.25, -0.2) is 4.79 Å². The second-order valence-corrected chi connectivity index (χ2v) is 6.34. The van der Waals surface area contributed by atoms with Crippen molar-refractivity contribution in [1.29, 1.82) is 0 Å². The molecule has 5 nitrogen and oxygen atoms in total. The molecule has 1 aliphatic heterocycles. The fourth-order valence-electron chi connectivity index (χ4n) is 2.98. The minimum atomic E-state index is -1.57. The standard InChI is InChI=1S/C21H24O5/c22-20(23)21(14-13-17-9-5-6-12-19(17)26-21)25-16-8-2-7-15-24-18-10-3-1-4-11-18/h1,3-6,9-12H,2,7-8,13-16H2,(H,22,23). The maximum Gasteiger partial charge on any atom is 0.377 e. The number of fused-ring (bicyclic) bond motifs is 1. The van der Waals surface area contributed by atoms with Crippen LogP contribution in [0.2, 0.25) is 0 Å². The van der Waals surface area contributed by atoms with Crippen molar-refractivity contribution >= 4 is 5.97 Å². The average molecular weight is 356 g/mol. The molecule has 0 aromatic heterocycles. The molecular formula is C21H24O5. The molecule has 1 unspecified atom stereocenters. The number of hydrogen-bond acceptors (Lipinski definition) is 4. The number of unbranched alkanes of at least 4 members (excludes halogenated alkanes) is 2. The van der Waals surface area contributed by atoms with Crippen LogP contribution in [-0.2, 0) is 16.0 Å². The third-order valence-corrected chi connectivity index (χ3v) is 4.43. The van der Waals surface area contributed by atoms with Gasteiger partial charge in [0.05, 0.1) is 13.2 Å². The second kappa shape index (κ2) is 8.72. The predicted molar refractivity (Wildman–Crippen MR) is 97.5 cm³/mol. The highest BCUT2D eigenvalue weighted by atomic mass is 16.7. The largest absolute Gasteiger partial charge is 0.494 e. The molecule has 1 N–H and O–H groups in total. The van der Waals surface area contributed by atoms with Crippen molar-refractivity contribution in [3.05, 3.63) is 60.2 Å². The normalized spacial score (nSPS) is 18.6. The van der Waals surface area contributed by atoms with Crippen LogP contribution in [0.3, 0.4) is 0 Å². The highest BCUT2D eigenvalue weighted by molar-refractivity contribution is 5.76. The van der Waals surface area contributed by atoms with Crippen molar-refractivity contribution in [2.45, 2.75) is 37.9 Å². The van der Waals surface area contributed by atoms with Crippen molar-refractivity contribution in [1.82, 2.24) is 0 Å². The Morgan fingerprint density at radius 1 is 1.00 bits per heavy atom. The van der Waals surface area contributed by atoms with E-state index in [2.05, 4.69) is 0 Å². The summed E-state index contributed by atoms with van der Waals surface area (Å²) in [6.07, 6.45) is 3.50. The highest BCUT2D eigenvalue weighted by Crippen LogP contribution is 2.34. The Labute approximate surface area is 153 Å². The van der Waals surface area contributed by atoms with Gasteiger partial charge < -0.3 is 19.3 Å². The van der Waals surface area contributed by atoms with Gasteiger partial charge in [0, 0.05) is 6.42 Å². The summed E-state index contributed by atoms with van der Waals surface area (Å²) in [6, 6.07) is 17.2. The minimum absolute atomic E-state index is 0.316. The smallest absolute Gasteiger partial charge is 0.377 e. The van der Waals surface area contributed by atoms with Gasteiger partial charge >= 0.3 is 11.8 Å². The molecule has 2 aromatic carbocycles. The van der Waals surface area contributed by atoms with E-state index in [9.17, 15) is 9.90 Å². The summed E-state index contributed by atoms with van der Waals surface area (Å²) in [4.78, 5) is 11.7. The number of rotatable bonds is 9. The lowest BCUT2D eigenvalue weighted by molar-refractivity contribution is -0.218. The monoisotopic (exact) mass is 356 g/mol. The number of benzene rings is 2. The van der Waals surface area contributed by atoms with E-state index in [0.717, 1.165) is 30.6 Å². The molecule has 0 bridgehead atoms. The molecule has 0 saturated carbocycles. The number of hydrogen-bond donors (Lipinski definition) is 1. The molecule has 0 saturated heterocycles. The van der Waals surface area contributed by atoms with Crippen molar-refractivity contribution in [2.75, 3.05) is 13.2 Å². The Morgan fingerprint density at radius 2 is 1.73 bits per heavy atom. The Bertz CT molecular complexity index is 715. The number of aryl methyl sites for hydroxylation is 1. The quantitative estimate of drug-likeness (QED) is 0.687. The van der Waals surface area contributed by atoms with Crippen LogP contribution in [-0.4, -0.2) is 30.1 Å². The van der Waals surface area contributed by atoms with Gasteiger partial charge in [0.25, 0.3) is 0 Å². The molecule has 0 radical (unpaired) electrons. The van der Waals surface area contributed by atoms with E-state index in [1.165, 1.54) is 0 Å². The van der Waals surface area contributed by atoms with Crippen molar-refractivity contribution < 1.29 is 24.1 Å². The van der Waals surface area contributed by atoms with Crippen LogP contribution in [0.1, 0.15) is 31.2 Å². The van der Waals surface area contributed by atoms with E-state index in [4.69, 9.17) is 14.2 Å². The number of aliphatic carboxylic acids is 1. The second-order valence-electron chi connectivity index (χ2n) is 6.34. The molecule has 5 heteroatoms. The summed E-state index contributed by atoms with van der Waals surface area (Å²) in [5.74, 6) is -1.19. The van der Waals surface area contributed by atoms with Crippen molar-refractivity contribution in [3.8, 4) is 11.5 Å². The van der Waals surface area contributed by atoms with Crippen LogP contribution in [0.25, 0.3) is 0 Å². The van der Waals surface area contributed by atoms with Gasteiger partial charge in [-0.15, -0.1) is 0 Å². The van der Waals surface area contributed by atoms with Gasteiger partial charge in [0.15, 0.2) is 0 Å². The van der Waals surface area contributed by atoms with Gasteiger partial charge in [0.1, 0.15) is 11.5 Å². The first-order valence-electron chi connectivity index (χ1n) is 9.02. The van der Waals surface area contributed by atoms with Gasteiger partial charge in [0.2, 0.25) is 0 Å². The van der Waals surface area contributed by atoms with Gasteiger partial charge in [-0.05, 0) is 49.4 Å². The first-order valence-corrected chi connectivity index (χ1v) is 9.02. The maximum atomic E-state index is 11.7. The summed E-state index contributed by atoms with van der Waals surface area (Å²) in [6.45, 7) is 0.984. The number of carboxylic acid groups (broad SMARTS) is 1. The first kappa shape index (κ1) is 18.3. The van der Waals surface area contributed by atoms with E-state index < -0.39 is 11.8 Å². The summed E-state index contributed by atoms with van der Waals surface area (Å²) in [7, 11) is 0. The van der Waals surface area contributed by atoms with Crippen molar-refractivity contribution in [2.24, 2.45) is 0 Å². The third kappa shape index (κ3) is 4.55. The lowest BCUT2D eigenvalue weighted by Crippen LogP contribution is -2.49. The molecule has 138 valence electrons. The van der Waals surface area contributed by atoms with Crippen LogP contribution in [0.5, 0.6) is 11.5 Å². The summed E-state index contributed by atoms with van der Waals surface area (Å²) < 4.78 is 17.1. The third-order valence-electron chi connectivity index (χ3n) is 4.43. The summed E-state index contributed by atoms with van der Waals surface area (Å²) in [5, 5.41) is 9.61. The zero-order chi connectivity index (χ0) is 18.2. The maximum absolute atomic E-state index is 11.7. The topological polar surface area (TPSA) is 65.0 Å². The molecule has 1 aliphatic rings. The van der Waals surface area contributed by atoms with E-state index >= 15 is 0 Å². The van der Waals surface area contributed by atoms with Gasteiger partial charge in [-0.1, -0.05) is 36.4 Å². The SMILES string of the molecule is O=C(O)C1(OCCCCCOc2ccccc2)CCc2ccccc2O1.